The summed E-state index contributed by atoms with van der Waals surface area (Å²) in [6, 6.07) is 8.04. The number of hydrogen-bond acceptors (Lipinski definition) is 5. The molecule has 0 saturated carbocycles. The Balaban J connectivity index is 1.65. The number of aliphatic hydroxyl groups is 1. The molecule has 2 unspecified atom stereocenters. The van der Waals surface area contributed by atoms with Gasteiger partial charge in [-0.1, -0.05) is 18.2 Å². The highest BCUT2D eigenvalue weighted by Crippen LogP contribution is 2.36. The summed E-state index contributed by atoms with van der Waals surface area (Å²) >= 11 is 0. The second-order valence-corrected chi connectivity index (χ2v) is 7.31. The summed E-state index contributed by atoms with van der Waals surface area (Å²) in [7, 11) is 0. The first-order chi connectivity index (χ1) is 15.3. The van der Waals surface area contributed by atoms with Crippen molar-refractivity contribution in [3.8, 4) is 0 Å². The summed E-state index contributed by atoms with van der Waals surface area (Å²) < 4.78 is 44.0. The van der Waals surface area contributed by atoms with Crippen molar-refractivity contribution in [3.63, 3.8) is 0 Å². The lowest BCUT2D eigenvalue weighted by atomic mass is 9.86. The second kappa shape index (κ2) is 8.75. The summed E-state index contributed by atoms with van der Waals surface area (Å²) in [4.78, 5) is 8.16. The molecule has 32 heavy (non-hydrogen) atoms. The van der Waals surface area contributed by atoms with Crippen LogP contribution in [0.4, 0.5) is 18.9 Å². The van der Waals surface area contributed by atoms with Gasteiger partial charge in [0.25, 0.3) is 0 Å². The smallest absolute Gasteiger partial charge is 0.137 e. The molecule has 4 aromatic rings. The quantitative estimate of drug-likeness (QED) is 0.444. The Kier molecular flexibility index (Phi) is 5.87. The first kappa shape index (κ1) is 21.4. The van der Waals surface area contributed by atoms with Gasteiger partial charge in [-0.3, -0.25) is 9.67 Å². The third-order valence-electron chi connectivity index (χ3n) is 5.18. The lowest BCUT2D eigenvalue weighted by Crippen LogP contribution is -2.40. The lowest BCUT2D eigenvalue weighted by Gasteiger charge is -2.34. The first-order valence-electron chi connectivity index (χ1n) is 9.69. The molecule has 10 heteroatoms. The van der Waals surface area contributed by atoms with Gasteiger partial charge in [0.15, 0.2) is 0 Å². The Hall–Kier alpha value is -3.79. The van der Waals surface area contributed by atoms with E-state index in [2.05, 4.69) is 20.2 Å². The van der Waals surface area contributed by atoms with Crippen LogP contribution in [-0.4, -0.2) is 35.9 Å². The fraction of sp³-hybridized carbons (Fsp3) is 0.182. The van der Waals surface area contributed by atoms with E-state index in [0.717, 1.165) is 12.1 Å². The van der Waals surface area contributed by atoms with Crippen LogP contribution in [0.15, 0.2) is 72.5 Å². The van der Waals surface area contributed by atoms with Crippen molar-refractivity contribution < 1.29 is 18.3 Å². The minimum absolute atomic E-state index is 0.103. The average molecular weight is 440 g/mol. The van der Waals surface area contributed by atoms with Crippen molar-refractivity contribution in [1.29, 1.82) is 0 Å². The third kappa shape index (κ3) is 4.45. The molecule has 1 N–H and O–H groups in total. The maximum atomic E-state index is 14.7. The molecule has 0 spiro atoms. The zero-order valence-electron chi connectivity index (χ0n) is 17.0. The van der Waals surface area contributed by atoms with Gasteiger partial charge in [0.05, 0.1) is 25.0 Å². The number of rotatable bonds is 7. The van der Waals surface area contributed by atoms with Crippen molar-refractivity contribution in [2.75, 3.05) is 0 Å². The van der Waals surface area contributed by atoms with Gasteiger partial charge in [0.1, 0.15) is 41.4 Å². The molecule has 0 aliphatic rings. The van der Waals surface area contributed by atoms with Gasteiger partial charge >= 0.3 is 0 Å². The molecule has 2 heterocycles. The molecule has 2 aromatic heterocycles. The largest absolute Gasteiger partial charge is 0.381 e. The summed E-state index contributed by atoms with van der Waals surface area (Å²) in [5.41, 5.74) is -0.768. The number of aliphatic imine (C=N–C) groups is 1. The molecule has 0 saturated heterocycles. The summed E-state index contributed by atoms with van der Waals surface area (Å²) in [6.45, 7) is 1.50. The van der Waals surface area contributed by atoms with Crippen LogP contribution in [0.2, 0.25) is 0 Å². The molecule has 0 aliphatic heterocycles. The van der Waals surface area contributed by atoms with Crippen molar-refractivity contribution in [2.24, 2.45) is 4.99 Å². The molecule has 0 radical (unpaired) electrons. The predicted molar refractivity (Wildman–Crippen MR) is 111 cm³/mol. The molecule has 164 valence electrons. The van der Waals surface area contributed by atoms with Crippen LogP contribution < -0.4 is 0 Å². The number of hydrogen-bond donors (Lipinski definition) is 1. The Morgan fingerprint density at radius 3 is 2.53 bits per heavy atom. The maximum Gasteiger partial charge on any atom is 0.137 e. The maximum absolute atomic E-state index is 14.7. The Labute approximate surface area is 181 Å². The third-order valence-corrected chi connectivity index (χ3v) is 5.18. The monoisotopic (exact) mass is 440 g/mol. The van der Waals surface area contributed by atoms with Crippen LogP contribution in [0.3, 0.4) is 0 Å². The van der Waals surface area contributed by atoms with Gasteiger partial charge in [-0.2, -0.15) is 10.2 Å². The fourth-order valence-electron chi connectivity index (χ4n) is 3.37. The van der Waals surface area contributed by atoms with Crippen molar-refractivity contribution in [3.05, 3.63) is 96.1 Å². The fourth-order valence-corrected chi connectivity index (χ4v) is 3.37. The first-order valence-corrected chi connectivity index (χ1v) is 9.69. The molecule has 7 nitrogen and oxygen atoms in total. The number of benzene rings is 2. The molecule has 4 rings (SSSR count). The normalized spacial score (nSPS) is 14.5. The van der Waals surface area contributed by atoms with Gasteiger partial charge < -0.3 is 5.11 Å². The van der Waals surface area contributed by atoms with Crippen molar-refractivity contribution >= 4 is 11.9 Å². The summed E-state index contributed by atoms with van der Waals surface area (Å²) in [5, 5.41) is 19.9. The van der Waals surface area contributed by atoms with Gasteiger partial charge in [0, 0.05) is 17.8 Å². The van der Waals surface area contributed by atoms with Crippen LogP contribution in [-0.2, 0) is 12.1 Å². The minimum Gasteiger partial charge on any atom is -0.381 e. The lowest BCUT2D eigenvalue weighted by molar-refractivity contribution is -0.0368. The van der Waals surface area contributed by atoms with Gasteiger partial charge in [0.2, 0.25) is 0 Å². The van der Waals surface area contributed by atoms with E-state index in [4.69, 9.17) is 0 Å². The van der Waals surface area contributed by atoms with E-state index in [-0.39, 0.29) is 17.9 Å². The van der Waals surface area contributed by atoms with E-state index in [1.807, 2.05) is 0 Å². The molecular formula is C22H19F3N6O. The SMILES string of the molecule is CC(n1cc(N=Cc2ccc(F)cc2)cn1)C(O)(Cn1cncn1)c1ccc(F)cc1F. The Bertz CT molecular complexity index is 1220. The highest BCUT2D eigenvalue weighted by molar-refractivity contribution is 5.81. The summed E-state index contributed by atoms with van der Waals surface area (Å²) in [5.74, 6) is -1.98. The van der Waals surface area contributed by atoms with Crippen LogP contribution in [0.5, 0.6) is 0 Å². The number of nitrogens with zero attached hydrogens (tertiary/aromatic N) is 6. The van der Waals surface area contributed by atoms with Gasteiger partial charge in [-0.25, -0.2) is 22.8 Å². The average Bonchev–Trinajstić information content (AvgIpc) is 3.44. The molecule has 0 bridgehead atoms. The van der Waals surface area contributed by atoms with Crippen molar-refractivity contribution in [2.45, 2.75) is 25.1 Å². The van der Waals surface area contributed by atoms with Crippen LogP contribution in [0, 0.1) is 17.5 Å². The zero-order valence-corrected chi connectivity index (χ0v) is 17.0. The molecule has 2 atom stereocenters. The topological polar surface area (TPSA) is 81.1 Å². The molecule has 0 amide bonds. The van der Waals surface area contributed by atoms with Crippen LogP contribution >= 0.6 is 0 Å². The van der Waals surface area contributed by atoms with Crippen LogP contribution in [0.1, 0.15) is 24.1 Å². The highest BCUT2D eigenvalue weighted by atomic mass is 19.1. The standard InChI is InChI=1S/C22H19F3N6O/c1-15(31-11-19(10-28-31)27-9-16-2-4-17(23)5-3-16)22(32,12-30-14-26-13-29-30)20-7-6-18(24)8-21(20)25/h2-11,13-15,32H,12H2,1H3. The van der Waals surface area contributed by atoms with E-state index >= 15 is 0 Å². The van der Waals surface area contributed by atoms with E-state index in [1.165, 1.54) is 46.4 Å². The number of aromatic nitrogens is 5. The molecule has 0 aliphatic carbocycles. The van der Waals surface area contributed by atoms with E-state index < -0.39 is 23.3 Å². The zero-order chi connectivity index (χ0) is 22.7. The molecule has 0 fully saturated rings. The number of halogens is 3. The second-order valence-electron chi connectivity index (χ2n) is 7.31. The van der Waals surface area contributed by atoms with Gasteiger partial charge in [-0.15, -0.1) is 0 Å². The van der Waals surface area contributed by atoms with Crippen molar-refractivity contribution in [1.82, 2.24) is 24.5 Å². The predicted octanol–water partition coefficient (Wildman–Crippen LogP) is 3.79. The van der Waals surface area contributed by atoms with E-state index in [1.54, 1.807) is 31.5 Å². The van der Waals surface area contributed by atoms with E-state index in [0.29, 0.717) is 11.3 Å². The van der Waals surface area contributed by atoms with Crippen LogP contribution in [0.25, 0.3) is 0 Å². The minimum atomic E-state index is -1.84. The molecule has 2 aromatic carbocycles. The Morgan fingerprint density at radius 2 is 1.84 bits per heavy atom. The van der Waals surface area contributed by atoms with Gasteiger partial charge in [-0.05, 0) is 30.7 Å². The van der Waals surface area contributed by atoms with E-state index in [9.17, 15) is 18.3 Å². The Morgan fingerprint density at radius 1 is 1.09 bits per heavy atom. The molecular weight excluding hydrogens is 421 g/mol. The summed E-state index contributed by atoms with van der Waals surface area (Å²) in [6.07, 6.45) is 7.29. The highest BCUT2D eigenvalue weighted by Gasteiger charge is 2.40.